The molecule has 180 valence electrons. The fourth-order valence-electron chi connectivity index (χ4n) is 3.40. The Morgan fingerprint density at radius 2 is 1.45 bits per heavy atom. The molecule has 2 aromatic carbocycles. The number of hydrogen-bond acceptors (Lipinski definition) is 6. The van der Waals surface area contributed by atoms with Gasteiger partial charge in [-0.05, 0) is 50.2 Å². The van der Waals surface area contributed by atoms with Crippen molar-refractivity contribution in [2.45, 2.75) is 29.2 Å². The largest absolute Gasteiger partial charge is 0.475 e. The van der Waals surface area contributed by atoms with E-state index in [9.17, 15) is 30.4 Å². The van der Waals surface area contributed by atoms with Crippen molar-refractivity contribution in [3.8, 4) is 5.75 Å². The fourth-order valence-corrected chi connectivity index (χ4v) is 5.45. The molecule has 0 bridgehead atoms. The van der Waals surface area contributed by atoms with E-state index in [2.05, 4.69) is 0 Å². The standard InChI is InChI=1S/C21H24F2N2O6S2/c1-21(2,31-19-9-4-15(22)14-18(19)23)20(26)24-10-12-25(13-11-24)33(29,30)17-7-5-16(6-8-17)32(3,27)28/h4-9,14H,10-13H2,1-3H3. The molecule has 0 saturated carbocycles. The number of halogens is 2. The minimum Gasteiger partial charge on any atom is -0.475 e. The molecule has 0 aromatic heterocycles. The number of piperazine rings is 1. The SMILES string of the molecule is CC(C)(Oc1ccc(F)cc1F)C(=O)N1CCN(S(=O)(=O)c2ccc(S(C)(=O)=O)cc2)CC1. The van der Waals surface area contributed by atoms with Gasteiger partial charge in [0.1, 0.15) is 5.82 Å². The van der Waals surface area contributed by atoms with Crippen LogP contribution in [0.25, 0.3) is 0 Å². The molecule has 0 spiro atoms. The quantitative estimate of drug-likeness (QED) is 0.600. The lowest BCUT2D eigenvalue weighted by Gasteiger charge is -2.38. The zero-order chi connectivity index (χ0) is 24.6. The van der Waals surface area contributed by atoms with Crippen LogP contribution in [0.5, 0.6) is 5.75 Å². The van der Waals surface area contributed by atoms with E-state index in [0.29, 0.717) is 6.07 Å². The maximum atomic E-state index is 13.9. The van der Waals surface area contributed by atoms with Gasteiger partial charge in [0.25, 0.3) is 5.91 Å². The molecule has 0 radical (unpaired) electrons. The Balaban J connectivity index is 1.67. The van der Waals surface area contributed by atoms with Gasteiger partial charge in [-0.25, -0.2) is 25.6 Å². The lowest BCUT2D eigenvalue weighted by Crippen LogP contribution is -2.56. The Morgan fingerprint density at radius 1 is 0.909 bits per heavy atom. The zero-order valence-electron chi connectivity index (χ0n) is 18.3. The zero-order valence-corrected chi connectivity index (χ0v) is 19.9. The predicted octanol–water partition coefficient (Wildman–Crippen LogP) is 2.06. The fraction of sp³-hybridized carbons (Fsp3) is 0.381. The maximum absolute atomic E-state index is 13.9. The summed E-state index contributed by atoms with van der Waals surface area (Å²) in [5.74, 6) is -2.45. The topological polar surface area (TPSA) is 101 Å². The van der Waals surface area contributed by atoms with Crippen molar-refractivity contribution in [1.29, 1.82) is 0 Å². The van der Waals surface area contributed by atoms with Gasteiger partial charge >= 0.3 is 0 Å². The average molecular weight is 503 g/mol. The van der Waals surface area contributed by atoms with E-state index < -0.39 is 43.0 Å². The van der Waals surface area contributed by atoms with Crippen molar-refractivity contribution in [2.75, 3.05) is 32.4 Å². The van der Waals surface area contributed by atoms with E-state index in [1.165, 1.54) is 47.3 Å². The molecule has 33 heavy (non-hydrogen) atoms. The van der Waals surface area contributed by atoms with Crippen molar-refractivity contribution in [3.05, 3.63) is 54.1 Å². The molecule has 2 aromatic rings. The van der Waals surface area contributed by atoms with Crippen LogP contribution in [0.3, 0.4) is 0 Å². The molecular weight excluding hydrogens is 478 g/mol. The summed E-state index contributed by atoms with van der Waals surface area (Å²) < 4.78 is 82.7. The molecule has 0 N–H and O–H groups in total. The summed E-state index contributed by atoms with van der Waals surface area (Å²) in [6.45, 7) is 3.09. The Bertz CT molecular complexity index is 1250. The molecule has 1 aliphatic heterocycles. The molecule has 1 heterocycles. The van der Waals surface area contributed by atoms with Gasteiger partial charge in [0.05, 0.1) is 9.79 Å². The summed E-state index contributed by atoms with van der Waals surface area (Å²) in [5, 5.41) is 0. The van der Waals surface area contributed by atoms with Crippen LogP contribution in [0.2, 0.25) is 0 Å². The number of carbonyl (C=O) groups excluding carboxylic acids is 1. The molecular formula is C21H24F2N2O6S2. The summed E-state index contributed by atoms with van der Waals surface area (Å²) in [6, 6.07) is 7.70. The first-order valence-corrected chi connectivity index (χ1v) is 13.3. The van der Waals surface area contributed by atoms with Crippen molar-refractivity contribution in [2.24, 2.45) is 0 Å². The van der Waals surface area contributed by atoms with Crippen molar-refractivity contribution < 1.29 is 35.1 Å². The van der Waals surface area contributed by atoms with Crippen LogP contribution in [0.4, 0.5) is 8.78 Å². The van der Waals surface area contributed by atoms with Crippen LogP contribution in [-0.2, 0) is 24.7 Å². The minimum absolute atomic E-state index is 0.0108. The molecule has 1 amide bonds. The highest BCUT2D eigenvalue weighted by Gasteiger charge is 2.38. The van der Waals surface area contributed by atoms with Crippen LogP contribution >= 0.6 is 0 Å². The number of sulfonamides is 1. The second-order valence-electron chi connectivity index (χ2n) is 8.13. The predicted molar refractivity (Wildman–Crippen MR) is 116 cm³/mol. The lowest BCUT2D eigenvalue weighted by atomic mass is 10.1. The minimum atomic E-state index is -3.88. The lowest BCUT2D eigenvalue weighted by molar-refractivity contribution is -0.146. The molecule has 1 aliphatic rings. The molecule has 12 heteroatoms. The van der Waals surface area contributed by atoms with E-state index in [1.807, 2.05) is 0 Å². The normalized spacial score (nSPS) is 16.0. The second kappa shape index (κ2) is 8.99. The van der Waals surface area contributed by atoms with Gasteiger partial charge in [0.15, 0.2) is 27.0 Å². The van der Waals surface area contributed by atoms with Gasteiger partial charge < -0.3 is 9.64 Å². The van der Waals surface area contributed by atoms with E-state index in [-0.39, 0.29) is 41.7 Å². The molecule has 0 unspecified atom stereocenters. The number of ether oxygens (including phenoxy) is 1. The van der Waals surface area contributed by atoms with Crippen LogP contribution in [-0.4, -0.2) is 70.0 Å². The summed E-state index contributed by atoms with van der Waals surface area (Å²) in [5.41, 5.74) is -1.47. The Labute approximate surface area is 191 Å². The van der Waals surface area contributed by atoms with Crippen LogP contribution < -0.4 is 4.74 Å². The summed E-state index contributed by atoms with van der Waals surface area (Å²) >= 11 is 0. The van der Waals surface area contributed by atoms with Gasteiger partial charge in [0.2, 0.25) is 10.0 Å². The number of carbonyl (C=O) groups is 1. The number of nitrogens with zero attached hydrogens (tertiary/aromatic N) is 2. The monoisotopic (exact) mass is 502 g/mol. The summed E-state index contributed by atoms with van der Waals surface area (Å²) in [6.07, 6.45) is 1.03. The van der Waals surface area contributed by atoms with Crippen molar-refractivity contribution in [1.82, 2.24) is 9.21 Å². The van der Waals surface area contributed by atoms with Crippen molar-refractivity contribution >= 4 is 25.8 Å². The summed E-state index contributed by atoms with van der Waals surface area (Å²) in [7, 11) is -7.34. The smallest absolute Gasteiger partial charge is 0.266 e. The Morgan fingerprint density at radius 3 is 1.97 bits per heavy atom. The van der Waals surface area contributed by atoms with Crippen LogP contribution in [0.15, 0.2) is 52.3 Å². The molecule has 0 atom stereocenters. The van der Waals surface area contributed by atoms with Gasteiger partial charge in [-0.2, -0.15) is 4.31 Å². The summed E-state index contributed by atoms with van der Waals surface area (Å²) in [4.78, 5) is 14.3. The maximum Gasteiger partial charge on any atom is 0.266 e. The molecule has 1 fully saturated rings. The molecule has 8 nitrogen and oxygen atoms in total. The first-order valence-electron chi connectivity index (χ1n) is 9.95. The first kappa shape index (κ1) is 25.1. The highest BCUT2D eigenvalue weighted by atomic mass is 32.2. The third kappa shape index (κ3) is 5.50. The molecule has 1 saturated heterocycles. The number of benzene rings is 2. The van der Waals surface area contributed by atoms with Gasteiger partial charge in [0, 0.05) is 38.5 Å². The van der Waals surface area contributed by atoms with Gasteiger partial charge in [-0.15, -0.1) is 0 Å². The molecule has 0 aliphatic carbocycles. The van der Waals surface area contributed by atoms with Gasteiger partial charge in [-0.1, -0.05) is 0 Å². The average Bonchev–Trinajstić information content (AvgIpc) is 2.74. The Kier molecular flexibility index (Phi) is 6.83. The van der Waals surface area contributed by atoms with Crippen LogP contribution in [0, 0.1) is 11.6 Å². The number of sulfone groups is 1. The second-order valence-corrected chi connectivity index (χ2v) is 12.1. The third-order valence-electron chi connectivity index (χ3n) is 5.19. The van der Waals surface area contributed by atoms with Crippen LogP contribution in [0.1, 0.15) is 13.8 Å². The Hall–Kier alpha value is -2.57. The highest BCUT2D eigenvalue weighted by molar-refractivity contribution is 7.90. The molecule has 3 rings (SSSR count). The number of rotatable bonds is 6. The van der Waals surface area contributed by atoms with E-state index in [1.54, 1.807) is 0 Å². The first-order chi connectivity index (χ1) is 15.2. The van der Waals surface area contributed by atoms with E-state index >= 15 is 0 Å². The van der Waals surface area contributed by atoms with E-state index in [0.717, 1.165) is 18.4 Å². The van der Waals surface area contributed by atoms with Crippen molar-refractivity contribution in [3.63, 3.8) is 0 Å². The highest BCUT2D eigenvalue weighted by Crippen LogP contribution is 2.26. The van der Waals surface area contributed by atoms with E-state index in [4.69, 9.17) is 4.74 Å². The van der Waals surface area contributed by atoms with Gasteiger partial charge in [-0.3, -0.25) is 4.79 Å². The number of amides is 1. The number of hydrogen-bond donors (Lipinski definition) is 0. The third-order valence-corrected chi connectivity index (χ3v) is 8.23.